The molecule has 18 heavy (non-hydrogen) atoms. The molecule has 0 unspecified atom stereocenters. The van der Waals surface area contributed by atoms with E-state index in [0.29, 0.717) is 17.1 Å². The second-order valence-electron chi connectivity index (χ2n) is 5.20. The minimum Gasteiger partial charge on any atom is -0.371 e. The van der Waals surface area contributed by atoms with Crippen molar-refractivity contribution in [3.8, 4) is 0 Å². The van der Waals surface area contributed by atoms with Gasteiger partial charge in [0.15, 0.2) is 0 Å². The Labute approximate surface area is 109 Å². The van der Waals surface area contributed by atoms with Crippen LogP contribution < -0.4 is 15.7 Å². The highest BCUT2D eigenvalue weighted by Crippen LogP contribution is 2.37. The summed E-state index contributed by atoms with van der Waals surface area (Å²) in [7, 11) is 5.92. The number of hydrogen-bond donors (Lipinski definition) is 3. The third kappa shape index (κ3) is 1.70. The summed E-state index contributed by atoms with van der Waals surface area (Å²) >= 11 is 0. The Morgan fingerprint density at radius 2 is 2.00 bits per heavy atom. The predicted octanol–water partition coefficient (Wildman–Crippen LogP) is 1.77. The van der Waals surface area contributed by atoms with E-state index in [4.69, 9.17) is 18.7 Å². The average Bonchev–Trinajstić information content (AvgIpc) is 2.26. The van der Waals surface area contributed by atoms with Gasteiger partial charge in [0.05, 0.1) is 16.9 Å². The van der Waals surface area contributed by atoms with Gasteiger partial charge in [-0.1, -0.05) is 11.5 Å². The lowest BCUT2D eigenvalue weighted by Gasteiger charge is -2.42. The van der Waals surface area contributed by atoms with Crippen molar-refractivity contribution in [3.05, 3.63) is 17.7 Å². The molecule has 1 aromatic rings. The van der Waals surface area contributed by atoms with Crippen LogP contribution in [0.4, 0.5) is 11.4 Å². The molecule has 1 aliphatic rings. The van der Waals surface area contributed by atoms with E-state index in [2.05, 4.69) is 5.32 Å². The van der Waals surface area contributed by atoms with E-state index in [1.54, 1.807) is 11.8 Å². The van der Waals surface area contributed by atoms with Crippen molar-refractivity contribution >= 4 is 36.4 Å². The second-order valence-corrected chi connectivity index (χ2v) is 5.20. The lowest BCUT2D eigenvalue weighted by Crippen LogP contribution is -2.55. The van der Waals surface area contributed by atoms with Crippen molar-refractivity contribution in [1.82, 2.24) is 0 Å². The minimum atomic E-state index is -0.502. The van der Waals surface area contributed by atoms with Gasteiger partial charge < -0.3 is 5.32 Å². The molecule has 3 N–H and O–H groups in total. The van der Waals surface area contributed by atoms with E-state index in [1.165, 1.54) is 0 Å². The summed E-state index contributed by atoms with van der Waals surface area (Å²) < 4.78 is 0. The van der Waals surface area contributed by atoms with Crippen LogP contribution in [0, 0.1) is 17.7 Å². The third-order valence-corrected chi connectivity index (χ3v) is 3.29. The van der Waals surface area contributed by atoms with E-state index in [0.717, 1.165) is 16.9 Å². The smallest absolute Gasteiger partial charge is 0.132 e. The topological polar surface area (TPSA) is 63.0 Å². The van der Waals surface area contributed by atoms with Crippen molar-refractivity contribution in [2.24, 2.45) is 0 Å². The number of anilines is 2. The number of benzene rings is 1. The van der Waals surface area contributed by atoms with Gasteiger partial charge >= 0.3 is 0 Å². The zero-order valence-corrected chi connectivity index (χ0v) is 11.2. The van der Waals surface area contributed by atoms with Gasteiger partial charge in [-0.15, -0.1) is 0 Å². The zero-order chi connectivity index (χ0) is 13.7. The van der Waals surface area contributed by atoms with Crippen LogP contribution in [-0.4, -0.2) is 25.1 Å². The molecule has 2 radical (unpaired) electrons. The summed E-state index contributed by atoms with van der Waals surface area (Å²) in [5.41, 5.74) is 2.79. The number of hydrogen-bond acceptors (Lipinski definition) is 3. The summed E-state index contributed by atoms with van der Waals surface area (Å²) in [6.45, 7) is 7.46. The Morgan fingerprint density at radius 3 is 2.56 bits per heavy atom. The molecule has 5 heteroatoms. The van der Waals surface area contributed by atoms with Crippen molar-refractivity contribution in [3.63, 3.8) is 0 Å². The van der Waals surface area contributed by atoms with E-state index in [-0.39, 0.29) is 0 Å². The summed E-state index contributed by atoms with van der Waals surface area (Å²) in [6.07, 6.45) is 0. The third-order valence-electron chi connectivity index (χ3n) is 3.29. The molecule has 0 aliphatic carbocycles. The Kier molecular flexibility index (Phi) is 2.72. The fraction of sp³-hybridized carbons (Fsp3) is 0.385. The average molecular weight is 240 g/mol. The van der Waals surface area contributed by atoms with Gasteiger partial charge in [-0.2, -0.15) is 0 Å². The Bertz CT molecular complexity index is 548. The molecule has 0 bridgehead atoms. The lowest BCUT2D eigenvalue weighted by molar-refractivity contribution is 0.732. The van der Waals surface area contributed by atoms with Crippen molar-refractivity contribution in [2.45, 2.75) is 33.2 Å². The first kappa shape index (κ1) is 12.7. The van der Waals surface area contributed by atoms with Gasteiger partial charge in [0, 0.05) is 0 Å². The molecule has 0 aromatic heterocycles. The molecule has 1 aromatic carbocycles. The highest BCUT2D eigenvalue weighted by atomic mass is 15.3. The fourth-order valence-corrected chi connectivity index (χ4v) is 2.23. The highest BCUT2D eigenvalue weighted by Gasteiger charge is 2.37. The molecule has 0 saturated heterocycles. The SMILES string of the molecule is [B]c1ccc2c(c1C)N(C(C)=N)C(=N)C(C)(C)N2. The molecule has 0 atom stereocenters. The molecule has 4 nitrogen and oxygen atoms in total. The largest absolute Gasteiger partial charge is 0.371 e. The maximum absolute atomic E-state index is 8.26. The summed E-state index contributed by atoms with van der Waals surface area (Å²) in [6, 6.07) is 3.76. The van der Waals surface area contributed by atoms with Crippen LogP contribution in [0.3, 0.4) is 0 Å². The van der Waals surface area contributed by atoms with Crippen LogP contribution in [0.5, 0.6) is 0 Å². The van der Waals surface area contributed by atoms with Crippen LogP contribution >= 0.6 is 0 Å². The fourth-order valence-electron chi connectivity index (χ4n) is 2.23. The molecule has 0 spiro atoms. The Morgan fingerprint density at radius 1 is 1.39 bits per heavy atom. The van der Waals surface area contributed by atoms with Gasteiger partial charge in [0.2, 0.25) is 0 Å². The molecule has 0 amide bonds. The van der Waals surface area contributed by atoms with Gasteiger partial charge in [-0.05, 0) is 39.3 Å². The van der Waals surface area contributed by atoms with Crippen LogP contribution in [-0.2, 0) is 0 Å². The van der Waals surface area contributed by atoms with E-state index in [1.807, 2.05) is 32.9 Å². The van der Waals surface area contributed by atoms with Crippen molar-refractivity contribution < 1.29 is 0 Å². The molecule has 0 saturated carbocycles. The number of nitrogens with zero attached hydrogens (tertiary/aromatic N) is 1. The van der Waals surface area contributed by atoms with Gasteiger partial charge in [-0.3, -0.25) is 15.7 Å². The summed E-state index contributed by atoms with van der Waals surface area (Å²) in [4.78, 5) is 1.65. The number of rotatable bonds is 0. The number of fused-ring (bicyclic) bond motifs is 1. The maximum atomic E-state index is 8.26. The quantitative estimate of drug-likeness (QED) is 0.367. The predicted molar refractivity (Wildman–Crippen MR) is 77.9 cm³/mol. The maximum Gasteiger partial charge on any atom is 0.132 e. The lowest BCUT2D eigenvalue weighted by atomic mass is 9.87. The molecule has 1 heterocycles. The van der Waals surface area contributed by atoms with Gasteiger partial charge in [0.25, 0.3) is 0 Å². The molecule has 1 aliphatic heterocycles. The first-order chi connectivity index (χ1) is 8.25. The molecule has 2 rings (SSSR count). The van der Waals surface area contributed by atoms with Crippen LogP contribution in [0.1, 0.15) is 26.3 Å². The number of nitrogens with one attached hydrogen (secondary N) is 3. The van der Waals surface area contributed by atoms with Crippen LogP contribution in [0.25, 0.3) is 0 Å². The monoisotopic (exact) mass is 240 g/mol. The molecular weight excluding hydrogens is 223 g/mol. The zero-order valence-electron chi connectivity index (χ0n) is 11.2. The molecular formula is C13H17BN4. The van der Waals surface area contributed by atoms with E-state index in [9.17, 15) is 0 Å². The second kappa shape index (κ2) is 3.87. The Hall–Kier alpha value is -1.78. The van der Waals surface area contributed by atoms with Crippen LogP contribution in [0.15, 0.2) is 12.1 Å². The van der Waals surface area contributed by atoms with E-state index >= 15 is 0 Å². The first-order valence-electron chi connectivity index (χ1n) is 5.87. The van der Waals surface area contributed by atoms with Crippen molar-refractivity contribution in [1.29, 1.82) is 10.8 Å². The minimum absolute atomic E-state index is 0.324. The summed E-state index contributed by atoms with van der Waals surface area (Å²) in [5.74, 6) is 0.681. The van der Waals surface area contributed by atoms with Crippen molar-refractivity contribution in [2.75, 3.05) is 10.2 Å². The first-order valence-corrected chi connectivity index (χ1v) is 5.87. The highest BCUT2D eigenvalue weighted by molar-refractivity contribution is 6.35. The Balaban J connectivity index is 2.72. The summed E-state index contributed by atoms with van der Waals surface area (Å²) in [5, 5.41) is 19.5. The molecule has 0 fully saturated rings. The molecule has 92 valence electrons. The standard InChI is InChI=1S/C13H17BN4/c1-7-9(14)5-6-10-11(7)18(8(2)15)12(16)13(3,4)17-10/h5-6,15-17H,1-4H3. The van der Waals surface area contributed by atoms with Gasteiger partial charge in [-0.25, -0.2) is 0 Å². The van der Waals surface area contributed by atoms with Gasteiger partial charge in [0.1, 0.15) is 19.5 Å². The normalized spacial score (nSPS) is 17.1. The number of amidine groups is 2. The van der Waals surface area contributed by atoms with E-state index < -0.39 is 5.54 Å². The van der Waals surface area contributed by atoms with Crippen LogP contribution in [0.2, 0.25) is 0 Å².